The number of hydrogen-bond acceptors (Lipinski definition) is 5. The minimum Gasteiger partial charge on any atom is -0.334 e. The molecule has 1 heterocycles. The summed E-state index contributed by atoms with van der Waals surface area (Å²) in [5, 5.41) is 7.29. The highest BCUT2D eigenvalue weighted by atomic mass is 35.5. The molecule has 3 rings (SSSR count). The molecule has 0 bridgehead atoms. The first kappa shape index (κ1) is 18.7. The van der Waals surface area contributed by atoms with Crippen LogP contribution < -0.4 is 11.1 Å². The molecule has 3 N–H and O–H groups in total. The van der Waals surface area contributed by atoms with Crippen molar-refractivity contribution in [1.82, 2.24) is 10.1 Å². The quantitative estimate of drug-likeness (QED) is 0.854. The summed E-state index contributed by atoms with van der Waals surface area (Å²) in [6.07, 6.45) is 2.77. The standard InChI is InChI=1S/C16H19ClN4O2.ClH/c1-9(2)13(22)19-10-4-5-12(17)11(8-10)14-20-15(21-23-14)16(18)6-3-7-16;/h4-5,8-9H,3,6-7,18H2,1-2H3,(H,19,22);1H. The van der Waals surface area contributed by atoms with Crippen molar-refractivity contribution in [3.05, 3.63) is 29.0 Å². The summed E-state index contributed by atoms with van der Waals surface area (Å²) in [5.41, 5.74) is 6.93. The molecular formula is C16H20Cl2N4O2. The third-order valence-electron chi connectivity index (χ3n) is 4.11. The third-order valence-corrected chi connectivity index (χ3v) is 4.44. The molecule has 24 heavy (non-hydrogen) atoms. The van der Waals surface area contributed by atoms with Crippen LogP contribution in [0, 0.1) is 5.92 Å². The first-order chi connectivity index (χ1) is 10.9. The van der Waals surface area contributed by atoms with E-state index >= 15 is 0 Å². The molecule has 130 valence electrons. The van der Waals surface area contributed by atoms with Crippen molar-refractivity contribution >= 4 is 35.6 Å². The predicted octanol–water partition coefficient (Wildman–Crippen LogP) is 3.74. The van der Waals surface area contributed by atoms with E-state index in [0.29, 0.717) is 28.0 Å². The molecule has 1 aromatic heterocycles. The van der Waals surface area contributed by atoms with Crippen LogP contribution in [0.5, 0.6) is 0 Å². The van der Waals surface area contributed by atoms with Gasteiger partial charge in [-0.3, -0.25) is 4.79 Å². The smallest absolute Gasteiger partial charge is 0.259 e. The number of halogens is 2. The Hall–Kier alpha value is -1.63. The normalized spacial score (nSPS) is 15.5. The number of aromatic nitrogens is 2. The zero-order valence-corrected chi connectivity index (χ0v) is 15.1. The molecule has 0 unspecified atom stereocenters. The predicted molar refractivity (Wildman–Crippen MR) is 95.2 cm³/mol. The SMILES string of the molecule is CC(C)C(=O)Nc1ccc(Cl)c(-c2nc(C3(N)CCC3)no2)c1.Cl. The minimum absolute atomic E-state index is 0. The zero-order chi connectivity index (χ0) is 16.6. The summed E-state index contributed by atoms with van der Waals surface area (Å²) in [5.74, 6) is 0.633. The van der Waals surface area contributed by atoms with E-state index in [-0.39, 0.29) is 24.2 Å². The maximum absolute atomic E-state index is 11.8. The van der Waals surface area contributed by atoms with Gasteiger partial charge in [0.1, 0.15) is 0 Å². The number of nitrogens with one attached hydrogen (secondary N) is 1. The summed E-state index contributed by atoms with van der Waals surface area (Å²) in [7, 11) is 0. The number of carbonyl (C=O) groups is 1. The van der Waals surface area contributed by atoms with Crippen LogP contribution in [0.15, 0.2) is 22.7 Å². The fourth-order valence-electron chi connectivity index (χ4n) is 2.37. The molecule has 1 amide bonds. The minimum atomic E-state index is -0.488. The lowest BCUT2D eigenvalue weighted by molar-refractivity contribution is -0.118. The van der Waals surface area contributed by atoms with Gasteiger partial charge in [-0.2, -0.15) is 4.98 Å². The fourth-order valence-corrected chi connectivity index (χ4v) is 2.57. The van der Waals surface area contributed by atoms with Gasteiger partial charge in [-0.25, -0.2) is 0 Å². The zero-order valence-electron chi connectivity index (χ0n) is 13.5. The van der Waals surface area contributed by atoms with Crippen molar-refractivity contribution in [2.75, 3.05) is 5.32 Å². The van der Waals surface area contributed by atoms with E-state index in [4.69, 9.17) is 21.9 Å². The molecule has 1 saturated carbocycles. The highest BCUT2D eigenvalue weighted by Gasteiger charge is 2.39. The lowest BCUT2D eigenvalue weighted by Gasteiger charge is -2.34. The van der Waals surface area contributed by atoms with Crippen LogP contribution >= 0.6 is 24.0 Å². The Labute approximate surface area is 151 Å². The number of amides is 1. The average Bonchev–Trinajstić information content (AvgIpc) is 2.96. The number of hydrogen-bond donors (Lipinski definition) is 2. The van der Waals surface area contributed by atoms with Crippen LogP contribution in [-0.2, 0) is 10.3 Å². The van der Waals surface area contributed by atoms with Gasteiger partial charge in [0, 0.05) is 11.6 Å². The van der Waals surface area contributed by atoms with E-state index in [0.717, 1.165) is 19.3 Å². The van der Waals surface area contributed by atoms with Gasteiger partial charge in [0.05, 0.1) is 16.1 Å². The lowest BCUT2D eigenvalue weighted by Crippen LogP contribution is -2.44. The number of nitrogens with two attached hydrogens (primary N) is 1. The van der Waals surface area contributed by atoms with E-state index in [2.05, 4.69) is 15.5 Å². The highest BCUT2D eigenvalue weighted by Crippen LogP contribution is 2.38. The van der Waals surface area contributed by atoms with Gasteiger partial charge in [-0.05, 0) is 37.5 Å². The van der Waals surface area contributed by atoms with Crippen LogP contribution in [-0.4, -0.2) is 16.0 Å². The van der Waals surface area contributed by atoms with E-state index in [1.54, 1.807) is 18.2 Å². The molecule has 0 radical (unpaired) electrons. The van der Waals surface area contributed by atoms with Crippen molar-refractivity contribution in [3.63, 3.8) is 0 Å². The maximum Gasteiger partial charge on any atom is 0.259 e. The molecule has 1 fully saturated rings. The Balaban J connectivity index is 0.00000208. The van der Waals surface area contributed by atoms with E-state index in [1.807, 2.05) is 13.8 Å². The Bertz CT molecular complexity index is 741. The van der Waals surface area contributed by atoms with Gasteiger partial charge in [-0.1, -0.05) is 30.6 Å². The number of rotatable bonds is 4. The molecule has 2 aromatic rings. The number of carbonyl (C=O) groups excluding carboxylic acids is 1. The van der Waals surface area contributed by atoms with Crippen LogP contribution in [0.4, 0.5) is 5.69 Å². The summed E-state index contributed by atoms with van der Waals surface area (Å²) in [4.78, 5) is 16.2. The maximum atomic E-state index is 11.8. The first-order valence-electron chi connectivity index (χ1n) is 7.63. The Morgan fingerprint density at radius 3 is 2.71 bits per heavy atom. The highest BCUT2D eigenvalue weighted by molar-refractivity contribution is 6.33. The van der Waals surface area contributed by atoms with Crippen LogP contribution in [0.3, 0.4) is 0 Å². The van der Waals surface area contributed by atoms with Gasteiger partial charge in [0.15, 0.2) is 5.82 Å². The molecule has 0 aliphatic heterocycles. The van der Waals surface area contributed by atoms with Gasteiger partial charge < -0.3 is 15.6 Å². The summed E-state index contributed by atoms with van der Waals surface area (Å²) < 4.78 is 5.32. The molecule has 1 aliphatic rings. The number of anilines is 1. The van der Waals surface area contributed by atoms with Crippen LogP contribution in [0.1, 0.15) is 38.9 Å². The molecule has 0 atom stereocenters. The summed E-state index contributed by atoms with van der Waals surface area (Å²) >= 11 is 6.23. The molecule has 1 aliphatic carbocycles. The Morgan fingerprint density at radius 1 is 1.42 bits per heavy atom. The number of nitrogens with zero attached hydrogens (tertiary/aromatic N) is 2. The van der Waals surface area contributed by atoms with Crippen LogP contribution in [0.2, 0.25) is 5.02 Å². The van der Waals surface area contributed by atoms with E-state index in [9.17, 15) is 4.79 Å². The van der Waals surface area contributed by atoms with E-state index in [1.165, 1.54) is 0 Å². The average molecular weight is 371 g/mol. The van der Waals surface area contributed by atoms with Gasteiger partial charge >= 0.3 is 0 Å². The van der Waals surface area contributed by atoms with Crippen LogP contribution in [0.25, 0.3) is 11.5 Å². The molecule has 0 spiro atoms. The Morgan fingerprint density at radius 2 is 2.12 bits per heavy atom. The summed E-state index contributed by atoms with van der Waals surface area (Å²) in [6.45, 7) is 3.66. The van der Waals surface area contributed by atoms with Gasteiger partial charge in [-0.15, -0.1) is 12.4 Å². The second-order valence-corrected chi connectivity index (χ2v) is 6.68. The van der Waals surface area contributed by atoms with Gasteiger partial charge in [0.25, 0.3) is 5.89 Å². The second kappa shape index (κ2) is 7.09. The van der Waals surface area contributed by atoms with Crippen molar-refractivity contribution in [3.8, 4) is 11.5 Å². The van der Waals surface area contributed by atoms with Crippen molar-refractivity contribution < 1.29 is 9.32 Å². The van der Waals surface area contributed by atoms with E-state index < -0.39 is 5.54 Å². The molecular weight excluding hydrogens is 351 g/mol. The van der Waals surface area contributed by atoms with Gasteiger partial charge in [0.2, 0.25) is 5.91 Å². The Kier molecular flexibility index (Phi) is 5.52. The topological polar surface area (TPSA) is 94.0 Å². The molecule has 0 saturated heterocycles. The fraction of sp³-hybridized carbons (Fsp3) is 0.438. The third kappa shape index (κ3) is 3.55. The summed E-state index contributed by atoms with van der Waals surface area (Å²) in [6, 6.07) is 5.15. The first-order valence-corrected chi connectivity index (χ1v) is 8.01. The van der Waals surface area contributed by atoms with Crippen molar-refractivity contribution in [2.45, 2.75) is 38.6 Å². The number of benzene rings is 1. The van der Waals surface area contributed by atoms with Crippen molar-refractivity contribution in [1.29, 1.82) is 0 Å². The molecule has 8 heteroatoms. The second-order valence-electron chi connectivity index (χ2n) is 6.27. The van der Waals surface area contributed by atoms with Crippen molar-refractivity contribution in [2.24, 2.45) is 11.7 Å². The molecule has 1 aromatic carbocycles. The largest absolute Gasteiger partial charge is 0.334 e. The monoisotopic (exact) mass is 370 g/mol. The molecule has 6 nitrogen and oxygen atoms in total. The lowest BCUT2D eigenvalue weighted by atomic mass is 9.77.